The largest absolute Gasteiger partial charge is 0.481 e. The first-order chi connectivity index (χ1) is 13.7. The van der Waals surface area contributed by atoms with Gasteiger partial charge in [0, 0.05) is 24.7 Å². The second-order valence-corrected chi connectivity index (χ2v) is 7.93. The Bertz CT molecular complexity index is 571. The maximum absolute atomic E-state index is 11.7. The predicted octanol–water partition coefficient (Wildman–Crippen LogP) is 3.31. The summed E-state index contributed by atoms with van der Waals surface area (Å²) in [6.07, 6.45) is 9.85. The Balaban J connectivity index is 0.000000296. The summed E-state index contributed by atoms with van der Waals surface area (Å²) in [6.45, 7) is 0. The molecule has 2 aliphatic carbocycles. The number of Topliss-reactive ketones (excluding diaryl/α,β-unsaturated/α-hetero) is 2. The first-order valence-corrected chi connectivity index (χ1v) is 10.4. The van der Waals surface area contributed by atoms with Crippen LogP contribution in [-0.2, 0) is 24.0 Å². The molecule has 0 unspecified atom stereocenters. The van der Waals surface area contributed by atoms with E-state index in [2.05, 4.69) is 0 Å². The quantitative estimate of drug-likeness (QED) is 0.489. The summed E-state index contributed by atoms with van der Waals surface area (Å²) in [5.74, 6) is -5.36. The molecule has 3 N–H and O–H groups in total. The molecule has 0 aromatic rings. The van der Waals surface area contributed by atoms with Gasteiger partial charge in [-0.05, 0) is 25.7 Å². The molecular weight excluding hydrogens is 380 g/mol. The van der Waals surface area contributed by atoms with E-state index in [9.17, 15) is 24.0 Å². The summed E-state index contributed by atoms with van der Waals surface area (Å²) in [5, 5.41) is 25.7. The molecule has 0 atom stereocenters. The smallest absolute Gasteiger partial charge is 0.318 e. The van der Waals surface area contributed by atoms with Crippen LogP contribution in [0.4, 0.5) is 0 Å². The van der Waals surface area contributed by atoms with Crippen LogP contribution in [0, 0.1) is 17.8 Å². The van der Waals surface area contributed by atoms with E-state index in [4.69, 9.17) is 15.3 Å². The summed E-state index contributed by atoms with van der Waals surface area (Å²) in [7, 11) is 0. The minimum atomic E-state index is -1.59. The lowest BCUT2D eigenvalue weighted by atomic mass is 9.83. The fourth-order valence-corrected chi connectivity index (χ4v) is 3.93. The molecule has 2 aliphatic rings. The van der Waals surface area contributed by atoms with Crippen molar-refractivity contribution in [2.45, 2.75) is 83.5 Å². The zero-order valence-electron chi connectivity index (χ0n) is 16.8. The Kier molecular flexibility index (Phi) is 11.2. The third kappa shape index (κ3) is 9.67. The SMILES string of the molecule is O=C(CC(C(=O)O)C(=O)O)C1CCCCC1.O=C(O)CCC(=O)C1CCCCC1. The normalized spacial score (nSPS) is 17.8. The third-order valence-corrected chi connectivity index (χ3v) is 5.71. The van der Waals surface area contributed by atoms with E-state index >= 15 is 0 Å². The van der Waals surface area contributed by atoms with Crippen LogP contribution in [0.2, 0.25) is 0 Å². The van der Waals surface area contributed by atoms with Gasteiger partial charge in [0.15, 0.2) is 5.92 Å². The lowest BCUT2D eigenvalue weighted by Crippen LogP contribution is -2.29. The Morgan fingerprint density at radius 1 is 0.621 bits per heavy atom. The van der Waals surface area contributed by atoms with Gasteiger partial charge in [0.25, 0.3) is 0 Å². The summed E-state index contributed by atoms with van der Waals surface area (Å²) in [4.78, 5) is 54.6. The molecule has 2 saturated carbocycles. The van der Waals surface area contributed by atoms with Crippen LogP contribution in [-0.4, -0.2) is 44.8 Å². The highest BCUT2D eigenvalue weighted by Crippen LogP contribution is 2.27. The average molecular weight is 412 g/mol. The molecule has 0 radical (unpaired) electrons. The molecule has 8 heteroatoms. The van der Waals surface area contributed by atoms with Gasteiger partial charge in [-0.1, -0.05) is 38.5 Å². The van der Waals surface area contributed by atoms with E-state index in [-0.39, 0.29) is 42.7 Å². The van der Waals surface area contributed by atoms with Crippen molar-refractivity contribution in [2.24, 2.45) is 17.8 Å². The van der Waals surface area contributed by atoms with Gasteiger partial charge in [0.05, 0.1) is 6.42 Å². The molecule has 8 nitrogen and oxygen atoms in total. The predicted molar refractivity (Wildman–Crippen MR) is 103 cm³/mol. The van der Waals surface area contributed by atoms with Gasteiger partial charge in [-0.2, -0.15) is 0 Å². The number of hydrogen-bond acceptors (Lipinski definition) is 5. The first-order valence-electron chi connectivity index (χ1n) is 10.4. The average Bonchev–Trinajstić information content (AvgIpc) is 2.71. The van der Waals surface area contributed by atoms with Crippen LogP contribution in [0.5, 0.6) is 0 Å². The van der Waals surface area contributed by atoms with Gasteiger partial charge in [0.2, 0.25) is 0 Å². The molecule has 164 valence electrons. The second-order valence-electron chi connectivity index (χ2n) is 7.93. The zero-order valence-corrected chi connectivity index (χ0v) is 16.8. The van der Waals surface area contributed by atoms with Crippen molar-refractivity contribution in [1.29, 1.82) is 0 Å². The number of ketones is 2. The van der Waals surface area contributed by atoms with Gasteiger partial charge in [-0.25, -0.2) is 0 Å². The molecule has 0 saturated heterocycles. The highest BCUT2D eigenvalue weighted by atomic mass is 16.4. The molecule has 0 aromatic heterocycles. The molecule has 0 amide bonds. The van der Waals surface area contributed by atoms with Crippen molar-refractivity contribution in [3.05, 3.63) is 0 Å². The Morgan fingerprint density at radius 3 is 1.41 bits per heavy atom. The molecule has 2 fully saturated rings. The first kappa shape index (κ1) is 24.8. The highest BCUT2D eigenvalue weighted by molar-refractivity contribution is 5.98. The number of carboxylic acid groups (broad SMARTS) is 3. The number of carboxylic acids is 3. The van der Waals surface area contributed by atoms with Gasteiger partial charge >= 0.3 is 17.9 Å². The molecule has 29 heavy (non-hydrogen) atoms. The summed E-state index contributed by atoms with van der Waals surface area (Å²) in [6, 6.07) is 0. The van der Waals surface area contributed by atoms with Crippen LogP contribution < -0.4 is 0 Å². The zero-order chi connectivity index (χ0) is 21.8. The standard InChI is InChI=1S/C11H16O5.C10H16O3/c12-9(7-4-2-1-3-5-7)6-8(10(13)14)11(15)16;11-9(6-7-10(12)13)8-4-2-1-3-5-8/h7-8H,1-6H2,(H,13,14)(H,15,16);8H,1-7H2,(H,12,13). The van der Waals surface area contributed by atoms with Gasteiger partial charge in [-0.15, -0.1) is 0 Å². The number of carbonyl (C=O) groups is 5. The van der Waals surface area contributed by atoms with Gasteiger partial charge < -0.3 is 15.3 Å². The lowest BCUT2D eigenvalue weighted by molar-refractivity contribution is -0.156. The Morgan fingerprint density at radius 2 is 1.03 bits per heavy atom. The number of hydrogen-bond donors (Lipinski definition) is 3. The molecular formula is C21H32O8. The Hall–Kier alpha value is -2.25. The number of carbonyl (C=O) groups excluding carboxylic acids is 2. The summed E-state index contributed by atoms with van der Waals surface area (Å²) < 4.78 is 0. The fourth-order valence-electron chi connectivity index (χ4n) is 3.93. The minimum Gasteiger partial charge on any atom is -0.481 e. The minimum absolute atomic E-state index is 0.00463. The number of rotatable bonds is 9. The maximum Gasteiger partial charge on any atom is 0.318 e. The molecule has 0 aromatic carbocycles. The van der Waals surface area contributed by atoms with Crippen molar-refractivity contribution in [3.8, 4) is 0 Å². The lowest BCUT2D eigenvalue weighted by Gasteiger charge is -2.20. The van der Waals surface area contributed by atoms with Crippen molar-refractivity contribution >= 4 is 29.5 Å². The topological polar surface area (TPSA) is 146 Å². The van der Waals surface area contributed by atoms with Crippen molar-refractivity contribution in [2.75, 3.05) is 0 Å². The van der Waals surface area contributed by atoms with E-state index in [1.165, 1.54) is 6.42 Å². The van der Waals surface area contributed by atoms with Crippen LogP contribution in [0.25, 0.3) is 0 Å². The summed E-state index contributed by atoms with van der Waals surface area (Å²) >= 11 is 0. The van der Waals surface area contributed by atoms with Crippen LogP contribution in [0.3, 0.4) is 0 Å². The van der Waals surface area contributed by atoms with Crippen LogP contribution in [0.1, 0.15) is 83.5 Å². The third-order valence-electron chi connectivity index (χ3n) is 5.71. The van der Waals surface area contributed by atoms with Crippen molar-refractivity contribution in [3.63, 3.8) is 0 Å². The van der Waals surface area contributed by atoms with Crippen molar-refractivity contribution in [1.82, 2.24) is 0 Å². The van der Waals surface area contributed by atoms with E-state index in [1.54, 1.807) is 0 Å². The molecule has 2 rings (SSSR count). The maximum atomic E-state index is 11.7. The van der Waals surface area contributed by atoms with E-state index in [0.717, 1.165) is 57.8 Å². The Labute approximate surface area is 170 Å². The van der Waals surface area contributed by atoms with E-state index in [0.29, 0.717) is 0 Å². The number of aliphatic carboxylic acids is 3. The van der Waals surface area contributed by atoms with E-state index < -0.39 is 23.8 Å². The second kappa shape index (κ2) is 13.1. The molecule has 0 bridgehead atoms. The molecule has 0 spiro atoms. The van der Waals surface area contributed by atoms with Crippen LogP contribution in [0.15, 0.2) is 0 Å². The van der Waals surface area contributed by atoms with Crippen LogP contribution >= 0.6 is 0 Å². The molecule has 0 aliphatic heterocycles. The van der Waals surface area contributed by atoms with E-state index in [1.807, 2.05) is 0 Å². The highest BCUT2D eigenvalue weighted by Gasteiger charge is 2.31. The van der Waals surface area contributed by atoms with Crippen molar-refractivity contribution < 1.29 is 39.3 Å². The van der Waals surface area contributed by atoms with Gasteiger partial charge in [0.1, 0.15) is 11.6 Å². The fraction of sp³-hybridized carbons (Fsp3) is 0.762. The molecule has 0 heterocycles. The van der Waals surface area contributed by atoms with Gasteiger partial charge in [-0.3, -0.25) is 24.0 Å². The monoisotopic (exact) mass is 412 g/mol. The summed E-state index contributed by atoms with van der Waals surface area (Å²) in [5.41, 5.74) is 0.